The predicted molar refractivity (Wildman–Crippen MR) is 109 cm³/mol. The Labute approximate surface area is 203 Å². The zero-order valence-corrected chi connectivity index (χ0v) is 21.3. The number of rotatable bonds is 18. The fraction of sp³-hybridized carbons (Fsp3) is 0.857. The molecule has 1 amide bonds. The van der Waals surface area contributed by atoms with E-state index in [0.717, 1.165) is 25.7 Å². The molecule has 0 aliphatic heterocycles. The van der Waals surface area contributed by atoms with E-state index in [-0.39, 0.29) is 42.1 Å². The number of amides is 1. The SMILES string of the molecule is CCCCCCC(=O)NCC[N+](CCO)(CCC(C)C(=O)[O-])CCC(C)C(=O)O.[Na+]. The molecule has 0 saturated carbocycles. The third-order valence-corrected chi connectivity index (χ3v) is 5.64. The first-order chi connectivity index (χ1) is 13.7. The second-order valence-electron chi connectivity index (χ2n) is 8.16. The van der Waals surface area contributed by atoms with Gasteiger partial charge in [0.2, 0.25) is 5.91 Å². The number of carboxylic acid groups (broad SMARTS) is 2. The number of quaternary nitrogens is 1. The van der Waals surface area contributed by atoms with Crippen LogP contribution in [-0.2, 0) is 14.4 Å². The summed E-state index contributed by atoms with van der Waals surface area (Å²) in [6.07, 6.45) is 5.38. The third-order valence-electron chi connectivity index (χ3n) is 5.64. The molecular weight excluding hydrogens is 399 g/mol. The first-order valence-electron chi connectivity index (χ1n) is 10.8. The Hall–Kier alpha value is -0.670. The van der Waals surface area contributed by atoms with Gasteiger partial charge in [-0.3, -0.25) is 9.59 Å². The largest absolute Gasteiger partial charge is 1.00 e. The number of hydrogen-bond donors (Lipinski definition) is 3. The fourth-order valence-corrected chi connectivity index (χ4v) is 3.29. The number of carboxylic acids is 2. The monoisotopic (exact) mass is 439 g/mol. The number of carbonyl (C=O) groups is 3. The molecule has 3 N–H and O–H groups in total. The Bertz CT molecular complexity index is 480. The molecule has 0 saturated heterocycles. The van der Waals surface area contributed by atoms with Crippen LogP contribution < -0.4 is 40.0 Å². The van der Waals surface area contributed by atoms with Gasteiger partial charge in [-0.05, 0) is 6.42 Å². The molecular formula is C21H40N2NaO6+. The second-order valence-corrected chi connectivity index (χ2v) is 8.16. The van der Waals surface area contributed by atoms with Crippen LogP contribution in [0.5, 0.6) is 0 Å². The molecule has 0 rings (SSSR count). The van der Waals surface area contributed by atoms with E-state index in [1.165, 1.54) is 0 Å². The van der Waals surface area contributed by atoms with Crippen LogP contribution in [0.1, 0.15) is 65.7 Å². The first-order valence-corrected chi connectivity index (χ1v) is 10.8. The molecule has 0 spiro atoms. The molecule has 0 aromatic carbocycles. The standard InChI is InChI=1S/C21H40N2O6.Na/c1-4-5-6-7-8-19(25)22-11-14-23(15-16-24,12-9-17(2)20(26)27)13-10-18(3)21(28)29;/h17-18,24H,4-16H2,1-3H3,(H2-,22,25,26,27,28,29);/q;+1. The van der Waals surface area contributed by atoms with Gasteiger partial charge in [-0.15, -0.1) is 0 Å². The second kappa shape index (κ2) is 18.0. The molecule has 0 aromatic heterocycles. The average Bonchev–Trinajstić information content (AvgIpc) is 2.67. The normalized spacial score (nSPS) is 14.8. The number of aliphatic carboxylic acids is 2. The Morgan fingerprint density at radius 1 is 0.967 bits per heavy atom. The van der Waals surface area contributed by atoms with Crippen LogP contribution in [-0.4, -0.2) is 71.9 Å². The average molecular weight is 440 g/mol. The van der Waals surface area contributed by atoms with E-state index in [4.69, 9.17) is 5.11 Å². The van der Waals surface area contributed by atoms with Crippen molar-refractivity contribution in [1.29, 1.82) is 0 Å². The van der Waals surface area contributed by atoms with Crippen molar-refractivity contribution in [3.63, 3.8) is 0 Å². The van der Waals surface area contributed by atoms with E-state index in [1.807, 2.05) is 0 Å². The van der Waals surface area contributed by atoms with Crippen LogP contribution in [0.25, 0.3) is 0 Å². The summed E-state index contributed by atoms with van der Waals surface area (Å²) in [5.74, 6) is -3.17. The molecule has 3 unspecified atom stereocenters. The molecule has 0 fully saturated rings. The van der Waals surface area contributed by atoms with Crippen LogP contribution in [0.4, 0.5) is 0 Å². The number of nitrogens with one attached hydrogen (secondary N) is 1. The maximum Gasteiger partial charge on any atom is 1.00 e. The molecule has 9 heteroatoms. The van der Waals surface area contributed by atoms with Crippen LogP contribution in [0, 0.1) is 11.8 Å². The number of carbonyl (C=O) groups excluding carboxylic acids is 2. The smallest absolute Gasteiger partial charge is 0.550 e. The van der Waals surface area contributed by atoms with Crippen molar-refractivity contribution in [1.82, 2.24) is 5.32 Å². The van der Waals surface area contributed by atoms with Crippen molar-refractivity contribution in [2.24, 2.45) is 11.8 Å². The molecule has 0 bridgehead atoms. The predicted octanol–water partition coefficient (Wildman–Crippen LogP) is -2.23. The summed E-state index contributed by atoms with van der Waals surface area (Å²) in [7, 11) is 0. The summed E-state index contributed by atoms with van der Waals surface area (Å²) in [5, 5.41) is 32.7. The van der Waals surface area contributed by atoms with Crippen LogP contribution in [0.2, 0.25) is 0 Å². The number of aliphatic hydroxyl groups excluding tert-OH is 1. The summed E-state index contributed by atoms with van der Waals surface area (Å²) >= 11 is 0. The van der Waals surface area contributed by atoms with E-state index in [0.29, 0.717) is 56.5 Å². The quantitative estimate of drug-likeness (QED) is 0.126. The summed E-state index contributed by atoms with van der Waals surface area (Å²) in [6.45, 7) is 7.55. The Balaban J connectivity index is 0. The Kier molecular flexibility index (Phi) is 18.9. The number of unbranched alkanes of at least 4 members (excludes halogenated alkanes) is 3. The van der Waals surface area contributed by atoms with E-state index < -0.39 is 23.8 Å². The van der Waals surface area contributed by atoms with Crippen LogP contribution >= 0.6 is 0 Å². The summed E-state index contributed by atoms with van der Waals surface area (Å²) in [6, 6.07) is 0. The number of hydrogen-bond acceptors (Lipinski definition) is 5. The molecule has 170 valence electrons. The van der Waals surface area contributed by atoms with Crippen molar-refractivity contribution in [2.75, 3.05) is 39.3 Å². The van der Waals surface area contributed by atoms with E-state index in [9.17, 15) is 24.6 Å². The third kappa shape index (κ3) is 14.4. The minimum Gasteiger partial charge on any atom is -0.550 e. The topological polar surface area (TPSA) is 127 Å². The van der Waals surface area contributed by atoms with Gasteiger partial charge in [-0.1, -0.05) is 40.0 Å². The summed E-state index contributed by atoms with van der Waals surface area (Å²) in [4.78, 5) is 34.3. The van der Waals surface area contributed by atoms with Gasteiger partial charge in [0.05, 0.1) is 38.7 Å². The zero-order chi connectivity index (χ0) is 22.3. The van der Waals surface area contributed by atoms with E-state index in [1.54, 1.807) is 13.8 Å². The Morgan fingerprint density at radius 3 is 2.07 bits per heavy atom. The molecule has 0 heterocycles. The Morgan fingerprint density at radius 2 is 1.57 bits per heavy atom. The fourth-order valence-electron chi connectivity index (χ4n) is 3.29. The van der Waals surface area contributed by atoms with Crippen molar-refractivity contribution >= 4 is 17.8 Å². The van der Waals surface area contributed by atoms with Crippen molar-refractivity contribution in [3.8, 4) is 0 Å². The molecule has 8 nitrogen and oxygen atoms in total. The molecule has 0 radical (unpaired) electrons. The minimum absolute atomic E-state index is 0. The molecule has 30 heavy (non-hydrogen) atoms. The van der Waals surface area contributed by atoms with Crippen LogP contribution in [0.15, 0.2) is 0 Å². The molecule has 3 atom stereocenters. The number of aliphatic hydroxyl groups is 1. The van der Waals surface area contributed by atoms with Crippen molar-refractivity contribution in [3.05, 3.63) is 0 Å². The first kappa shape index (κ1) is 31.5. The van der Waals surface area contributed by atoms with Gasteiger partial charge < -0.3 is 29.9 Å². The number of nitrogens with zero attached hydrogens (tertiary/aromatic N) is 1. The zero-order valence-electron chi connectivity index (χ0n) is 19.3. The maximum atomic E-state index is 12.0. The van der Waals surface area contributed by atoms with Gasteiger partial charge in [0.15, 0.2) is 0 Å². The van der Waals surface area contributed by atoms with E-state index >= 15 is 0 Å². The minimum atomic E-state index is -1.12. The summed E-state index contributed by atoms with van der Waals surface area (Å²) < 4.78 is 0.377. The maximum absolute atomic E-state index is 12.0. The summed E-state index contributed by atoms with van der Waals surface area (Å²) in [5.41, 5.74) is 0. The molecule has 0 aliphatic carbocycles. The van der Waals surface area contributed by atoms with Crippen LogP contribution in [0.3, 0.4) is 0 Å². The van der Waals surface area contributed by atoms with Gasteiger partial charge in [0, 0.05) is 31.1 Å². The molecule has 0 aromatic rings. The van der Waals surface area contributed by atoms with E-state index in [2.05, 4.69) is 12.2 Å². The van der Waals surface area contributed by atoms with Crippen molar-refractivity contribution in [2.45, 2.75) is 65.7 Å². The van der Waals surface area contributed by atoms with Gasteiger partial charge in [-0.25, -0.2) is 0 Å². The van der Waals surface area contributed by atoms with Gasteiger partial charge in [-0.2, -0.15) is 0 Å². The van der Waals surface area contributed by atoms with Crippen molar-refractivity contribution < 1.29 is 63.7 Å². The van der Waals surface area contributed by atoms with Gasteiger partial charge in [0.1, 0.15) is 6.54 Å². The van der Waals surface area contributed by atoms with Gasteiger partial charge >= 0.3 is 35.5 Å². The molecule has 0 aliphatic rings. The van der Waals surface area contributed by atoms with Gasteiger partial charge in [0.25, 0.3) is 0 Å².